The Bertz CT molecular complexity index is 396. The monoisotopic (exact) mass is 206 g/mol. The van der Waals surface area contributed by atoms with E-state index in [1.54, 1.807) is 6.07 Å². The maximum absolute atomic E-state index is 13.1. The van der Waals surface area contributed by atoms with Gasteiger partial charge < -0.3 is 4.74 Å². The minimum atomic E-state index is -0.622. The number of nitriles is 1. The Morgan fingerprint density at radius 3 is 2.93 bits per heavy atom. The molecule has 0 unspecified atom stereocenters. The fraction of sp³-hybridized carbons (Fsp3) is 0.455. The third kappa shape index (κ3) is 2.24. The number of pyridine rings is 1. The van der Waals surface area contributed by atoms with Crippen molar-refractivity contribution in [3.05, 3.63) is 23.8 Å². The second kappa shape index (κ2) is 4.26. The maximum Gasteiger partial charge on any atom is 0.176 e. The fourth-order valence-electron chi connectivity index (χ4n) is 1.46. The number of halogens is 1. The quantitative estimate of drug-likeness (QED) is 0.762. The van der Waals surface area contributed by atoms with Gasteiger partial charge in [0.15, 0.2) is 11.5 Å². The summed E-state index contributed by atoms with van der Waals surface area (Å²) in [4.78, 5) is 3.66. The van der Waals surface area contributed by atoms with Crippen LogP contribution in [0.5, 0.6) is 5.75 Å². The van der Waals surface area contributed by atoms with Crippen LogP contribution in [0.3, 0.4) is 0 Å². The molecule has 1 fully saturated rings. The van der Waals surface area contributed by atoms with Crippen LogP contribution in [0, 0.1) is 23.1 Å². The number of hydrogen-bond acceptors (Lipinski definition) is 3. The molecule has 0 radical (unpaired) electrons. The van der Waals surface area contributed by atoms with Gasteiger partial charge in [0, 0.05) is 6.07 Å². The van der Waals surface area contributed by atoms with Crippen molar-refractivity contribution in [1.82, 2.24) is 4.98 Å². The summed E-state index contributed by atoms with van der Waals surface area (Å²) in [5.41, 5.74) is -0.189. The molecule has 4 heteroatoms. The third-order valence-electron chi connectivity index (χ3n) is 2.63. The SMILES string of the molecule is N#Cc1ncc(OCC2CCC2)cc1F. The molecule has 0 N–H and O–H groups in total. The van der Waals surface area contributed by atoms with E-state index in [4.69, 9.17) is 10.00 Å². The zero-order valence-corrected chi connectivity index (χ0v) is 8.24. The van der Waals surface area contributed by atoms with E-state index in [2.05, 4.69) is 4.98 Å². The second-order valence-corrected chi connectivity index (χ2v) is 3.72. The Morgan fingerprint density at radius 1 is 1.60 bits per heavy atom. The smallest absolute Gasteiger partial charge is 0.176 e. The molecular weight excluding hydrogens is 195 g/mol. The van der Waals surface area contributed by atoms with E-state index < -0.39 is 5.82 Å². The molecule has 3 nitrogen and oxygen atoms in total. The van der Waals surface area contributed by atoms with Crippen molar-refractivity contribution >= 4 is 0 Å². The van der Waals surface area contributed by atoms with E-state index in [9.17, 15) is 4.39 Å². The molecule has 1 saturated carbocycles. The van der Waals surface area contributed by atoms with Gasteiger partial charge in [0.1, 0.15) is 11.8 Å². The van der Waals surface area contributed by atoms with Crippen LogP contribution in [-0.2, 0) is 0 Å². The Hall–Kier alpha value is -1.63. The summed E-state index contributed by atoms with van der Waals surface area (Å²) < 4.78 is 18.5. The number of rotatable bonds is 3. The average molecular weight is 206 g/mol. The first-order chi connectivity index (χ1) is 7.29. The van der Waals surface area contributed by atoms with E-state index in [1.165, 1.54) is 31.5 Å². The van der Waals surface area contributed by atoms with Gasteiger partial charge in [0.2, 0.25) is 0 Å². The largest absolute Gasteiger partial charge is 0.492 e. The lowest BCUT2D eigenvalue weighted by Gasteiger charge is -2.24. The van der Waals surface area contributed by atoms with E-state index in [0.29, 0.717) is 18.3 Å². The molecule has 78 valence electrons. The molecule has 0 bridgehead atoms. The summed E-state index contributed by atoms with van der Waals surface area (Å²) >= 11 is 0. The van der Waals surface area contributed by atoms with Gasteiger partial charge in [-0.1, -0.05) is 6.42 Å². The van der Waals surface area contributed by atoms with Crippen LogP contribution in [0.1, 0.15) is 25.0 Å². The minimum Gasteiger partial charge on any atom is -0.492 e. The van der Waals surface area contributed by atoms with Gasteiger partial charge in [0.05, 0.1) is 12.8 Å². The molecule has 0 aromatic carbocycles. The van der Waals surface area contributed by atoms with Crippen molar-refractivity contribution in [2.75, 3.05) is 6.61 Å². The molecule has 1 heterocycles. The summed E-state index contributed by atoms with van der Waals surface area (Å²) in [6.07, 6.45) is 5.02. The van der Waals surface area contributed by atoms with Gasteiger partial charge in [-0.05, 0) is 18.8 Å². The van der Waals surface area contributed by atoms with Gasteiger partial charge in [-0.2, -0.15) is 5.26 Å². The summed E-state index contributed by atoms with van der Waals surface area (Å²) in [6, 6.07) is 2.88. The molecule has 15 heavy (non-hydrogen) atoms. The second-order valence-electron chi connectivity index (χ2n) is 3.72. The van der Waals surface area contributed by atoms with Crippen LogP contribution in [0.4, 0.5) is 4.39 Å². The van der Waals surface area contributed by atoms with Gasteiger partial charge in [-0.25, -0.2) is 9.37 Å². The maximum atomic E-state index is 13.1. The van der Waals surface area contributed by atoms with E-state index in [1.807, 2.05) is 0 Å². The summed E-state index contributed by atoms with van der Waals surface area (Å²) in [5, 5.41) is 8.48. The molecule has 0 amide bonds. The van der Waals surface area contributed by atoms with Crippen molar-refractivity contribution in [2.45, 2.75) is 19.3 Å². The van der Waals surface area contributed by atoms with Crippen molar-refractivity contribution in [1.29, 1.82) is 5.26 Å². The topological polar surface area (TPSA) is 45.9 Å². The third-order valence-corrected chi connectivity index (χ3v) is 2.63. The van der Waals surface area contributed by atoms with Gasteiger partial charge in [0.25, 0.3) is 0 Å². The Balaban J connectivity index is 1.97. The van der Waals surface area contributed by atoms with E-state index >= 15 is 0 Å². The fourth-order valence-corrected chi connectivity index (χ4v) is 1.46. The highest BCUT2D eigenvalue weighted by Gasteiger charge is 2.18. The van der Waals surface area contributed by atoms with Crippen LogP contribution in [0.25, 0.3) is 0 Å². The lowest BCUT2D eigenvalue weighted by molar-refractivity contribution is 0.179. The molecule has 2 rings (SSSR count). The molecule has 0 atom stereocenters. The lowest BCUT2D eigenvalue weighted by Crippen LogP contribution is -2.19. The number of hydrogen-bond donors (Lipinski definition) is 0. The Morgan fingerprint density at radius 2 is 2.40 bits per heavy atom. The average Bonchev–Trinajstić information content (AvgIpc) is 2.16. The predicted molar refractivity (Wildman–Crippen MR) is 51.7 cm³/mol. The molecule has 0 spiro atoms. The van der Waals surface area contributed by atoms with Crippen molar-refractivity contribution in [2.24, 2.45) is 5.92 Å². The van der Waals surface area contributed by atoms with E-state index in [-0.39, 0.29) is 5.69 Å². The zero-order valence-electron chi connectivity index (χ0n) is 8.24. The Kier molecular flexibility index (Phi) is 2.82. The first-order valence-corrected chi connectivity index (χ1v) is 4.98. The normalized spacial score (nSPS) is 15.5. The first-order valence-electron chi connectivity index (χ1n) is 4.98. The number of nitrogens with zero attached hydrogens (tertiary/aromatic N) is 2. The molecular formula is C11H11FN2O. The van der Waals surface area contributed by atoms with Crippen LogP contribution < -0.4 is 4.74 Å². The highest BCUT2D eigenvalue weighted by Crippen LogP contribution is 2.27. The lowest BCUT2D eigenvalue weighted by atomic mass is 9.86. The standard InChI is InChI=1S/C11H11FN2O/c12-10-4-9(6-14-11(10)5-13)15-7-8-2-1-3-8/h4,6,8H,1-3,7H2. The molecule has 1 aliphatic carbocycles. The molecule has 0 aliphatic heterocycles. The molecule has 1 aromatic rings. The first kappa shape index (κ1) is 9.91. The highest BCUT2D eigenvalue weighted by molar-refractivity contribution is 5.28. The minimum absolute atomic E-state index is 0.189. The van der Waals surface area contributed by atoms with Crippen LogP contribution in [0.15, 0.2) is 12.3 Å². The van der Waals surface area contributed by atoms with Gasteiger partial charge in [-0.3, -0.25) is 0 Å². The van der Waals surface area contributed by atoms with E-state index in [0.717, 1.165) is 0 Å². The van der Waals surface area contributed by atoms with Crippen LogP contribution in [-0.4, -0.2) is 11.6 Å². The number of ether oxygens (including phenoxy) is 1. The van der Waals surface area contributed by atoms with Crippen molar-refractivity contribution < 1.29 is 9.13 Å². The van der Waals surface area contributed by atoms with Crippen molar-refractivity contribution in [3.8, 4) is 11.8 Å². The van der Waals surface area contributed by atoms with Gasteiger partial charge in [-0.15, -0.1) is 0 Å². The van der Waals surface area contributed by atoms with Gasteiger partial charge >= 0.3 is 0 Å². The molecule has 1 aromatic heterocycles. The van der Waals surface area contributed by atoms with Crippen LogP contribution in [0.2, 0.25) is 0 Å². The summed E-state index contributed by atoms with van der Waals surface area (Å²) in [5.74, 6) is 0.380. The highest BCUT2D eigenvalue weighted by atomic mass is 19.1. The number of aromatic nitrogens is 1. The molecule has 1 aliphatic rings. The summed E-state index contributed by atoms with van der Waals surface area (Å²) in [7, 11) is 0. The van der Waals surface area contributed by atoms with Crippen LogP contribution >= 0.6 is 0 Å². The zero-order chi connectivity index (χ0) is 10.7. The molecule has 0 saturated heterocycles. The Labute approximate surface area is 87.5 Å². The summed E-state index contributed by atoms with van der Waals surface area (Å²) in [6.45, 7) is 0.618. The van der Waals surface area contributed by atoms with Crippen molar-refractivity contribution in [3.63, 3.8) is 0 Å². The predicted octanol–water partition coefficient (Wildman–Crippen LogP) is 2.27.